The number of amidine groups is 1. The summed E-state index contributed by atoms with van der Waals surface area (Å²) in [6.07, 6.45) is 5.67. The maximum Gasteiger partial charge on any atom is 0.278 e. The number of nitrogens with one attached hydrogen (secondary N) is 1. The summed E-state index contributed by atoms with van der Waals surface area (Å²) in [5.74, 6) is 0.0684. The van der Waals surface area contributed by atoms with Crippen LogP contribution in [0.15, 0.2) is 41.4 Å². The molecule has 2 heterocycles. The number of carbonyl (C=O) groups excluding carboxylic acids is 2. The zero-order chi connectivity index (χ0) is 30.9. The van der Waals surface area contributed by atoms with Crippen LogP contribution in [0.4, 0.5) is 10.1 Å². The van der Waals surface area contributed by atoms with E-state index < -0.39 is 17.3 Å². The largest absolute Gasteiger partial charge is 0.390 e. The van der Waals surface area contributed by atoms with Crippen LogP contribution in [0, 0.1) is 17.7 Å². The van der Waals surface area contributed by atoms with Gasteiger partial charge in [-0.05, 0) is 121 Å². The first-order valence-corrected chi connectivity index (χ1v) is 16.0. The summed E-state index contributed by atoms with van der Waals surface area (Å²) in [5.41, 5.74) is 2.99. The van der Waals surface area contributed by atoms with Gasteiger partial charge in [0.05, 0.1) is 10.6 Å². The maximum atomic E-state index is 13.8. The van der Waals surface area contributed by atoms with E-state index in [0.717, 1.165) is 69.4 Å². The number of fused-ring (bicyclic) bond motifs is 1. The van der Waals surface area contributed by atoms with E-state index in [2.05, 4.69) is 38.3 Å². The van der Waals surface area contributed by atoms with Crippen molar-refractivity contribution < 1.29 is 19.1 Å². The van der Waals surface area contributed by atoms with Gasteiger partial charge in [0.25, 0.3) is 5.91 Å². The summed E-state index contributed by atoms with van der Waals surface area (Å²) in [5, 5.41) is 13.4. The number of benzene rings is 2. The van der Waals surface area contributed by atoms with Crippen LogP contribution in [-0.2, 0) is 17.8 Å². The number of halogens is 2. The lowest BCUT2D eigenvalue weighted by Crippen LogP contribution is -2.44. The lowest BCUT2D eigenvalue weighted by Gasteiger charge is -2.38. The van der Waals surface area contributed by atoms with Crippen LogP contribution >= 0.6 is 11.6 Å². The average Bonchev–Trinajstić information content (AvgIpc) is 3.31. The molecule has 7 nitrogen and oxygen atoms in total. The normalized spacial score (nSPS) is 22.7. The highest BCUT2D eigenvalue weighted by Gasteiger charge is 2.37. The molecule has 2 aromatic carbocycles. The number of piperidine rings is 1. The number of aliphatic hydroxyl groups is 1. The molecule has 1 saturated heterocycles. The molecular weight excluding hydrogens is 567 g/mol. The van der Waals surface area contributed by atoms with Gasteiger partial charge in [-0.15, -0.1) is 0 Å². The van der Waals surface area contributed by atoms with E-state index in [1.807, 2.05) is 27.7 Å². The third-order valence-electron chi connectivity index (χ3n) is 9.29. The smallest absolute Gasteiger partial charge is 0.278 e. The molecule has 0 bridgehead atoms. The van der Waals surface area contributed by atoms with Crippen molar-refractivity contribution in [2.75, 3.05) is 18.0 Å². The van der Waals surface area contributed by atoms with Crippen LogP contribution in [0.1, 0.15) is 87.7 Å². The Bertz CT molecular complexity index is 1370. The van der Waals surface area contributed by atoms with Crippen molar-refractivity contribution >= 4 is 34.9 Å². The van der Waals surface area contributed by atoms with Crippen LogP contribution in [0.25, 0.3) is 0 Å². The van der Waals surface area contributed by atoms with E-state index in [9.17, 15) is 19.1 Å². The van der Waals surface area contributed by atoms with Crippen molar-refractivity contribution in [2.45, 2.75) is 96.9 Å². The summed E-state index contributed by atoms with van der Waals surface area (Å²) >= 11 is 5.96. The second-order valence-electron chi connectivity index (χ2n) is 13.3. The Morgan fingerprint density at radius 3 is 2.40 bits per heavy atom. The topological polar surface area (TPSA) is 85.2 Å². The zero-order valence-electron chi connectivity index (χ0n) is 25.7. The molecule has 0 unspecified atom stereocenters. The van der Waals surface area contributed by atoms with Crippen molar-refractivity contribution in [3.63, 3.8) is 0 Å². The fourth-order valence-corrected chi connectivity index (χ4v) is 7.02. The molecule has 43 heavy (non-hydrogen) atoms. The number of likely N-dealkylation sites (tertiary alicyclic amines) is 1. The Morgan fingerprint density at radius 1 is 1.07 bits per heavy atom. The molecule has 0 aromatic heterocycles. The summed E-state index contributed by atoms with van der Waals surface area (Å²) in [7, 11) is 0. The molecule has 2 fully saturated rings. The van der Waals surface area contributed by atoms with Crippen LogP contribution in [0.2, 0.25) is 5.02 Å². The molecule has 2 aromatic rings. The van der Waals surface area contributed by atoms with Crippen molar-refractivity contribution in [1.29, 1.82) is 0 Å². The number of hydrogen-bond acceptors (Lipinski definition) is 4. The van der Waals surface area contributed by atoms with E-state index in [4.69, 9.17) is 11.6 Å². The monoisotopic (exact) mass is 610 g/mol. The summed E-state index contributed by atoms with van der Waals surface area (Å²) in [6, 6.07) is 10.7. The van der Waals surface area contributed by atoms with Crippen molar-refractivity contribution in [1.82, 2.24) is 10.2 Å². The number of hydrogen-bond donors (Lipinski definition) is 2. The molecule has 2 amide bonds. The van der Waals surface area contributed by atoms with Crippen molar-refractivity contribution in [3.8, 4) is 0 Å². The molecule has 0 atom stereocenters. The average molecular weight is 611 g/mol. The van der Waals surface area contributed by atoms with Gasteiger partial charge in [0.2, 0.25) is 5.91 Å². The molecular formula is C34H44ClFN4O3. The molecule has 3 aliphatic rings. The van der Waals surface area contributed by atoms with Gasteiger partial charge < -0.3 is 15.3 Å². The predicted molar refractivity (Wildman–Crippen MR) is 169 cm³/mol. The van der Waals surface area contributed by atoms with Gasteiger partial charge in [-0.25, -0.2) is 4.39 Å². The van der Waals surface area contributed by atoms with Gasteiger partial charge in [-0.2, -0.15) is 4.99 Å². The molecule has 5 rings (SSSR count). The molecule has 1 aliphatic carbocycles. The van der Waals surface area contributed by atoms with E-state index in [0.29, 0.717) is 18.2 Å². The summed E-state index contributed by atoms with van der Waals surface area (Å²) < 4.78 is 13.8. The third-order valence-corrected chi connectivity index (χ3v) is 9.58. The highest BCUT2D eigenvalue weighted by molar-refractivity contribution is 6.31. The zero-order valence-corrected chi connectivity index (χ0v) is 26.5. The number of carbonyl (C=O) groups is 2. The lowest BCUT2D eigenvalue weighted by molar-refractivity contribution is -0.126. The van der Waals surface area contributed by atoms with Gasteiger partial charge in [0, 0.05) is 42.2 Å². The maximum absolute atomic E-state index is 13.8. The lowest BCUT2D eigenvalue weighted by atomic mass is 9.83. The van der Waals surface area contributed by atoms with Crippen LogP contribution in [0.5, 0.6) is 0 Å². The number of nitrogens with zero attached hydrogens (tertiary/aromatic N) is 3. The van der Waals surface area contributed by atoms with Gasteiger partial charge in [-0.1, -0.05) is 23.7 Å². The molecule has 1 saturated carbocycles. The summed E-state index contributed by atoms with van der Waals surface area (Å²) in [4.78, 5) is 35.2. The van der Waals surface area contributed by atoms with Crippen LogP contribution in [-0.4, -0.2) is 58.4 Å². The van der Waals surface area contributed by atoms with E-state index in [-0.39, 0.29) is 34.5 Å². The number of anilines is 1. The molecule has 0 radical (unpaired) electrons. The Labute approximate surface area is 259 Å². The first-order valence-electron chi connectivity index (χ1n) is 15.6. The molecule has 232 valence electrons. The van der Waals surface area contributed by atoms with Gasteiger partial charge in [-0.3, -0.25) is 14.5 Å². The van der Waals surface area contributed by atoms with E-state index in [1.54, 1.807) is 0 Å². The Hall–Kier alpha value is -2.81. The van der Waals surface area contributed by atoms with E-state index >= 15 is 0 Å². The molecule has 2 N–H and O–H groups in total. The minimum Gasteiger partial charge on any atom is -0.390 e. The molecule has 2 aliphatic heterocycles. The fraction of sp³-hybridized carbons (Fsp3) is 0.559. The Morgan fingerprint density at radius 2 is 1.77 bits per heavy atom. The predicted octanol–water partition coefficient (Wildman–Crippen LogP) is 6.15. The quantitative estimate of drug-likeness (QED) is 0.393. The number of rotatable bonds is 7. The Balaban J connectivity index is 1.37. The molecule has 9 heteroatoms. The standard InChI is InChI=1S/C34H44ClFN4O3/c1-21(2)37-32(41)23-7-10-27(11-8-23)40-30-17-22(20-39-15-13-26(14-16-39)34(3,4)43)5-6-24(30)19-31(40)38-33(42)25-9-12-29(36)28(35)18-25/h5-6,9,12,17-18,21,23,26-27,43H,7-8,10-11,13-16,19-20H2,1-4H3,(H,37,41). The van der Waals surface area contributed by atoms with Gasteiger partial charge in [0.1, 0.15) is 11.7 Å². The number of aliphatic imine (C=N–C) groups is 1. The first-order chi connectivity index (χ1) is 20.4. The molecule has 0 spiro atoms. The highest BCUT2D eigenvalue weighted by Crippen LogP contribution is 2.38. The van der Waals surface area contributed by atoms with Crippen molar-refractivity contribution in [3.05, 3.63) is 63.9 Å². The van der Waals surface area contributed by atoms with Gasteiger partial charge in [0.15, 0.2) is 0 Å². The fourth-order valence-electron chi connectivity index (χ4n) is 6.84. The summed E-state index contributed by atoms with van der Waals surface area (Å²) in [6.45, 7) is 10.5. The van der Waals surface area contributed by atoms with Crippen LogP contribution in [0.3, 0.4) is 0 Å². The first kappa shape index (κ1) is 31.6. The van der Waals surface area contributed by atoms with E-state index in [1.165, 1.54) is 23.8 Å². The minimum absolute atomic E-state index is 0.0118. The number of amides is 2. The third kappa shape index (κ3) is 7.47. The van der Waals surface area contributed by atoms with Crippen LogP contribution < -0.4 is 10.2 Å². The van der Waals surface area contributed by atoms with Gasteiger partial charge >= 0.3 is 0 Å². The second-order valence-corrected chi connectivity index (χ2v) is 13.8. The van der Waals surface area contributed by atoms with Crippen molar-refractivity contribution in [2.24, 2.45) is 16.8 Å². The SMILES string of the molecule is CC(C)NC(=O)C1CCC(N2C(=NC(=O)c3ccc(F)c(Cl)c3)Cc3ccc(CN4CCC(C(C)(C)O)CC4)cc32)CC1. The Kier molecular flexibility index (Phi) is 9.59. The highest BCUT2D eigenvalue weighted by atomic mass is 35.5. The second kappa shape index (κ2) is 13.0. The minimum atomic E-state index is -0.652.